The lowest BCUT2D eigenvalue weighted by Crippen LogP contribution is -2.50. The third-order valence-corrected chi connectivity index (χ3v) is 10.2. The number of hydrazine groups is 1. The number of pyridine rings is 1. The van der Waals surface area contributed by atoms with Gasteiger partial charge in [0, 0.05) is 38.1 Å². The number of nitrogens with one attached hydrogen (secondary N) is 2. The van der Waals surface area contributed by atoms with Crippen molar-refractivity contribution < 1.29 is 18.3 Å². The smallest absolute Gasteiger partial charge is 0.393 e. The molecule has 6 rings (SSSR count). The largest absolute Gasteiger partial charge is 0.418 e. The van der Waals surface area contributed by atoms with E-state index in [-0.39, 0.29) is 35.4 Å². The van der Waals surface area contributed by atoms with Crippen molar-refractivity contribution in [2.75, 3.05) is 26.8 Å². The van der Waals surface area contributed by atoms with E-state index in [0.29, 0.717) is 49.4 Å². The molecule has 40 heavy (non-hydrogen) atoms. The van der Waals surface area contributed by atoms with E-state index in [4.69, 9.17) is 0 Å². The fourth-order valence-corrected chi connectivity index (χ4v) is 7.86. The maximum absolute atomic E-state index is 14.3. The summed E-state index contributed by atoms with van der Waals surface area (Å²) in [7, 11) is 2.12. The lowest BCUT2D eigenvalue weighted by molar-refractivity contribution is -0.136. The predicted octanol–water partition coefficient (Wildman–Crippen LogP) is 3.79. The number of piperidine rings is 1. The molecule has 2 aliphatic heterocycles. The molecule has 0 spiro atoms. The van der Waals surface area contributed by atoms with Crippen LogP contribution >= 0.6 is 0 Å². The zero-order chi connectivity index (χ0) is 28.2. The maximum Gasteiger partial charge on any atom is 0.418 e. The molecule has 0 amide bonds. The molecule has 0 radical (unpaired) electrons. The summed E-state index contributed by atoms with van der Waals surface area (Å²) in [6.07, 6.45) is 6.31. The Morgan fingerprint density at radius 3 is 2.50 bits per heavy atom. The van der Waals surface area contributed by atoms with Crippen LogP contribution in [0.4, 0.5) is 13.2 Å². The van der Waals surface area contributed by atoms with Crippen LogP contribution < -0.4 is 16.5 Å². The second-order valence-corrected chi connectivity index (χ2v) is 12.9. The van der Waals surface area contributed by atoms with E-state index in [9.17, 15) is 23.1 Å². The first-order chi connectivity index (χ1) is 19.1. The number of nitrogens with zero attached hydrogens (tertiary/aromatic N) is 4. The van der Waals surface area contributed by atoms with Crippen LogP contribution in [0, 0.1) is 23.7 Å². The summed E-state index contributed by atoms with van der Waals surface area (Å²) < 4.78 is 45.7. The Labute approximate surface area is 233 Å². The van der Waals surface area contributed by atoms with Gasteiger partial charge in [0.05, 0.1) is 30.0 Å². The van der Waals surface area contributed by atoms with Crippen LogP contribution in [-0.2, 0) is 12.7 Å². The van der Waals surface area contributed by atoms with Gasteiger partial charge in [-0.1, -0.05) is 32.6 Å². The first-order valence-electron chi connectivity index (χ1n) is 15.0. The van der Waals surface area contributed by atoms with E-state index in [1.807, 2.05) is 6.92 Å². The van der Waals surface area contributed by atoms with Gasteiger partial charge in [0.2, 0.25) is 0 Å². The first-order valence-corrected chi connectivity index (χ1v) is 15.0. The van der Waals surface area contributed by atoms with Crippen LogP contribution in [0.25, 0.3) is 5.52 Å². The highest BCUT2D eigenvalue weighted by molar-refractivity contribution is 5.56. The molecule has 222 valence electrons. The summed E-state index contributed by atoms with van der Waals surface area (Å²) in [4.78, 5) is 18.1. The highest BCUT2D eigenvalue weighted by Crippen LogP contribution is 2.47. The average molecular weight is 565 g/mol. The molecule has 2 saturated heterocycles. The standard InChI is InChI=1S/C29H43F3N6O2/c1-18-13-36(10-9-25(18)39)14-19-11-23(29(30,31)32)24-16-37(28(40)38(24)15-19)22-8-4-7-21(12-22)26(20-5-3-6-20)27-34-33-17-35(27)2/h11,15-16,18,20-22,25-27,33-34,39H,3-10,12-14,17H2,1-2H3/t18-,21?,22?,25-,26+,27?/m0/s1. The summed E-state index contributed by atoms with van der Waals surface area (Å²) in [5.74, 6) is 1.56. The molecular formula is C29H43F3N6O2. The van der Waals surface area contributed by atoms with Crippen LogP contribution in [0.15, 0.2) is 23.3 Å². The van der Waals surface area contributed by atoms with Gasteiger partial charge in [-0.05, 0) is 68.0 Å². The van der Waals surface area contributed by atoms with Gasteiger partial charge in [-0.15, -0.1) is 0 Å². The van der Waals surface area contributed by atoms with Crippen molar-refractivity contribution in [3.05, 3.63) is 40.1 Å². The topological polar surface area (TPSA) is 77.2 Å². The van der Waals surface area contributed by atoms with E-state index < -0.39 is 11.7 Å². The van der Waals surface area contributed by atoms with E-state index in [1.54, 1.807) is 10.8 Å². The van der Waals surface area contributed by atoms with Crippen LogP contribution in [0.5, 0.6) is 0 Å². The maximum atomic E-state index is 14.3. The quantitative estimate of drug-likeness (QED) is 0.496. The van der Waals surface area contributed by atoms with Crippen molar-refractivity contribution in [2.45, 2.75) is 89.3 Å². The molecule has 2 aliphatic carbocycles. The summed E-state index contributed by atoms with van der Waals surface area (Å²) in [5.41, 5.74) is 6.00. The molecule has 2 aromatic heterocycles. The lowest BCUT2D eigenvalue weighted by Gasteiger charge is -2.46. The predicted molar refractivity (Wildman–Crippen MR) is 146 cm³/mol. The lowest BCUT2D eigenvalue weighted by atomic mass is 9.65. The van der Waals surface area contributed by atoms with Gasteiger partial charge in [-0.2, -0.15) is 13.2 Å². The summed E-state index contributed by atoms with van der Waals surface area (Å²) in [6.45, 7) is 4.29. The van der Waals surface area contributed by atoms with E-state index in [2.05, 4.69) is 27.7 Å². The number of halogens is 3. The molecule has 0 bridgehead atoms. The van der Waals surface area contributed by atoms with Crippen LogP contribution in [0.2, 0.25) is 0 Å². The molecule has 11 heteroatoms. The van der Waals surface area contributed by atoms with E-state index in [1.165, 1.54) is 35.9 Å². The normalized spacial score (nSPS) is 32.0. The SMILES string of the molecule is C[C@H]1CN(Cc2cc(C(F)(F)F)c3cn(C4CCCC([C@@H](C5CCC5)C5NNCN5C)C4)c(=O)n3c2)CC[C@@H]1O. The van der Waals surface area contributed by atoms with Crippen molar-refractivity contribution in [3.8, 4) is 0 Å². The second kappa shape index (κ2) is 11.1. The molecule has 0 aromatic carbocycles. The van der Waals surface area contributed by atoms with Crippen molar-refractivity contribution >= 4 is 5.52 Å². The number of aromatic nitrogens is 2. The average Bonchev–Trinajstić information content (AvgIpc) is 3.45. The number of hydrogen-bond acceptors (Lipinski definition) is 6. The van der Waals surface area contributed by atoms with Gasteiger partial charge >= 0.3 is 11.9 Å². The van der Waals surface area contributed by atoms with E-state index >= 15 is 0 Å². The van der Waals surface area contributed by atoms with Gasteiger partial charge in [0.25, 0.3) is 0 Å². The number of likely N-dealkylation sites (tertiary alicyclic amines) is 1. The molecule has 3 unspecified atom stereocenters. The minimum atomic E-state index is -4.57. The molecule has 4 fully saturated rings. The molecule has 8 nitrogen and oxygen atoms in total. The zero-order valence-electron chi connectivity index (χ0n) is 23.5. The van der Waals surface area contributed by atoms with Crippen LogP contribution in [0.3, 0.4) is 0 Å². The van der Waals surface area contributed by atoms with Crippen molar-refractivity contribution in [2.24, 2.45) is 23.7 Å². The zero-order valence-corrected chi connectivity index (χ0v) is 23.5. The van der Waals surface area contributed by atoms with Crippen molar-refractivity contribution in [1.82, 2.24) is 29.6 Å². The fraction of sp³-hybridized carbons (Fsp3) is 0.759. The van der Waals surface area contributed by atoms with E-state index in [0.717, 1.165) is 32.4 Å². The van der Waals surface area contributed by atoms with Gasteiger partial charge in [-0.3, -0.25) is 18.8 Å². The van der Waals surface area contributed by atoms with Crippen molar-refractivity contribution in [1.29, 1.82) is 0 Å². The Hall–Kier alpha value is -1.92. The van der Waals surface area contributed by atoms with Crippen molar-refractivity contribution in [3.63, 3.8) is 0 Å². The molecule has 4 heterocycles. The fourth-order valence-electron chi connectivity index (χ4n) is 7.86. The number of rotatable bonds is 6. The van der Waals surface area contributed by atoms with Crippen LogP contribution in [-0.4, -0.2) is 62.9 Å². The second-order valence-electron chi connectivity index (χ2n) is 12.9. The van der Waals surface area contributed by atoms with Gasteiger partial charge in [-0.25, -0.2) is 15.6 Å². The Morgan fingerprint density at radius 1 is 1.10 bits per heavy atom. The summed E-state index contributed by atoms with van der Waals surface area (Å²) >= 11 is 0. The number of hydrogen-bond donors (Lipinski definition) is 3. The first kappa shape index (κ1) is 28.2. The summed E-state index contributed by atoms with van der Waals surface area (Å²) in [5, 5.41) is 10.1. The Kier molecular flexibility index (Phi) is 7.80. The van der Waals surface area contributed by atoms with Gasteiger partial charge in [0.1, 0.15) is 0 Å². The molecule has 2 saturated carbocycles. The highest BCUT2D eigenvalue weighted by Gasteiger charge is 2.44. The molecule has 3 N–H and O–H groups in total. The number of imidazole rings is 1. The monoisotopic (exact) mass is 564 g/mol. The van der Waals surface area contributed by atoms with Gasteiger partial charge < -0.3 is 5.11 Å². The number of alkyl halides is 3. The highest BCUT2D eigenvalue weighted by atomic mass is 19.4. The summed E-state index contributed by atoms with van der Waals surface area (Å²) in [6, 6.07) is 1.10. The Balaban J connectivity index is 1.30. The third kappa shape index (κ3) is 5.35. The number of aliphatic hydroxyl groups excluding tert-OH is 1. The Morgan fingerprint density at radius 2 is 1.85 bits per heavy atom. The number of fused-ring (bicyclic) bond motifs is 1. The van der Waals surface area contributed by atoms with Crippen LogP contribution in [0.1, 0.15) is 75.5 Å². The third-order valence-electron chi connectivity index (χ3n) is 10.2. The molecule has 4 aliphatic rings. The molecule has 6 atom stereocenters. The minimum absolute atomic E-state index is 0.0568. The Bertz CT molecular complexity index is 1260. The minimum Gasteiger partial charge on any atom is -0.393 e. The number of aliphatic hydroxyl groups is 1. The molecule has 2 aromatic rings. The molecular weight excluding hydrogens is 521 g/mol. The van der Waals surface area contributed by atoms with Gasteiger partial charge in [0.15, 0.2) is 0 Å².